The summed E-state index contributed by atoms with van der Waals surface area (Å²) in [6.07, 6.45) is 0.656. The molecule has 0 fully saturated rings. The summed E-state index contributed by atoms with van der Waals surface area (Å²) in [5.41, 5.74) is 2.87. The van der Waals surface area contributed by atoms with Crippen LogP contribution in [0.15, 0.2) is 24.3 Å². The Labute approximate surface area is 120 Å². The summed E-state index contributed by atoms with van der Waals surface area (Å²) in [5, 5.41) is 20.9. The van der Waals surface area contributed by atoms with Crippen molar-refractivity contribution in [2.45, 2.75) is 20.0 Å². The Morgan fingerprint density at radius 1 is 1.30 bits per heavy atom. The molecule has 0 saturated heterocycles. The molecule has 0 bridgehead atoms. The van der Waals surface area contributed by atoms with Gasteiger partial charge in [-0.2, -0.15) is 0 Å². The maximum atomic E-state index is 11.1. The van der Waals surface area contributed by atoms with E-state index < -0.39 is 12.5 Å². The van der Waals surface area contributed by atoms with Gasteiger partial charge in [0.15, 0.2) is 5.13 Å². The lowest BCUT2D eigenvalue weighted by molar-refractivity contribution is -0.118. The number of amides is 1. The van der Waals surface area contributed by atoms with Gasteiger partial charge in [0.25, 0.3) is 5.91 Å². The first kappa shape index (κ1) is 14.6. The molecule has 2 rings (SSSR count). The highest BCUT2D eigenvalue weighted by Crippen LogP contribution is 2.26. The molecule has 0 aliphatic carbocycles. The average molecular weight is 292 g/mol. The number of carbonyl (C=O) groups is 1. The van der Waals surface area contributed by atoms with E-state index in [4.69, 9.17) is 5.11 Å². The number of aryl methyl sites for hydroxylation is 1. The standard InChI is InChI=1S/C14H16N2O3S/c1-9-2-4-10(5-3-9)6-12-11(7-17)15-14(20-12)16-13(19)8-18/h2-5,17-18H,6-8H2,1H3,(H,15,16,19). The molecule has 0 aliphatic heterocycles. The molecule has 0 radical (unpaired) electrons. The van der Waals surface area contributed by atoms with Crippen molar-refractivity contribution in [3.05, 3.63) is 46.0 Å². The number of nitrogens with zero attached hydrogens (tertiary/aromatic N) is 1. The van der Waals surface area contributed by atoms with Crippen LogP contribution < -0.4 is 5.32 Å². The van der Waals surface area contributed by atoms with Crippen LogP contribution in [0.4, 0.5) is 5.13 Å². The SMILES string of the molecule is Cc1ccc(Cc2sc(NC(=O)CO)nc2CO)cc1. The fourth-order valence-electron chi connectivity index (χ4n) is 1.75. The molecule has 1 heterocycles. The summed E-state index contributed by atoms with van der Waals surface area (Å²) >= 11 is 1.31. The smallest absolute Gasteiger partial charge is 0.251 e. The number of hydrogen-bond acceptors (Lipinski definition) is 5. The molecule has 3 N–H and O–H groups in total. The van der Waals surface area contributed by atoms with Crippen LogP contribution in [0.25, 0.3) is 0 Å². The maximum Gasteiger partial charge on any atom is 0.251 e. The van der Waals surface area contributed by atoms with Crippen molar-refractivity contribution in [2.75, 3.05) is 11.9 Å². The predicted molar refractivity (Wildman–Crippen MR) is 77.7 cm³/mol. The summed E-state index contributed by atoms with van der Waals surface area (Å²) in [7, 11) is 0. The number of thiazole rings is 1. The molecule has 0 atom stereocenters. The second-order valence-corrected chi connectivity index (χ2v) is 5.50. The number of anilines is 1. The van der Waals surface area contributed by atoms with Gasteiger partial charge in [-0.15, -0.1) is 11.3 Å². The van der Waals surface area contributed by atoms with Crippen LogP contribution in [-0.2, 0) is 17.8 Å². The third-order valence-electron chi connectivity index (χ3n) is 2.80. The van der Waals surface area contributed by atoms with Crippen LogP contribution in [0, 0.1) is 6.92 Å². The molecule has 106 valence electrons. The fraction of sp³-hybridized carbons (Fsp3) is 0.286. The quantitative estimate of drug-likeness (QED) is 0.779. The summed E-state index contributed by atoms with van der Waals surface area (Å²) in [6, 6.07) is 8.12. The monoisotopic (exact) mass is 292 g/mol. The van der Waals surface area contributed by atoms with E-state index in [1.165, 1.54) is 16.9 Å². The molecule has 0 unspecified atom stereocenters. The highest BCUT2D eigenvalue weighted by atomic mass is 32.1. The molecular weight excluding hydrogens is 276 g/mol. The first-order valence-corrected chi connectivity index (χ1v) is 6.99. The van der Waals surface area contributed by atoms with E-state index in [9.17, 15) is 9.90 Å². The van der Waals surface area contributed by atoms with Crippen LogP contribution in [0.1, 0.15) is 21.7 Å². The minimum atomic E-state index is -0.582. The summed E-state index contributed by atoms with van der Waals surface area (Å²) in [4.78, 5) is 16.2. The van der Waals surface area contributed by atoms with Crippen LogP contribution in [-0.4, -0.2) is 27.7 Å². The number of carbonyl (C=O) groups excluding carboxylic acids is 1. The molecule has 0 saturated carbocycles. The van der Waals surface area contributed by atoms with Gasteiger partial charge in [0.05, 0.1) is 12.3 Å². The van der Waals surface area contributed by atoms with Gasteiger partial charge >= 0.3 is 0 Å². The number of aliphatic hydroxyl groups excluding tert-OH is 2. The zero-order chi connectivity index (χ0) is 14.5. The van der Waals surface area contributed by atoms with Gasteiger partial charge in [0.2, 0.25) is 0 Å². The van der Waals surface area contributed by atoms with Crippen LogP contribution in [0.3, 0.4) is 0 Å². The van der Waals surface area contributed by atoms with Gasteiger partial charge in [-0.05, 0) is 12.5 Å². The third-order valence-corrected chi connectivity index (χ3v) is 3.82. The molecule has 6 heteroatoms. The Balaban J connectivity index is 2.18. The van der Waals surface area contributed by atoms with E-state index >= 15 is 0 Å². The van der Waals surface area contributed by atoms with Crippen molar-refractivity contribution in [1.29, 1.82) is 0 Å². The molecule has 2 aromatic rings. The predicted octanol–water partition coefficient (Wildman–Crippen LogP) is 1.47. The number of hydrogen-bond donors (Lipinski definition) is 3. The zero-order valence-electron chi connectivity index (χ0n) is 11.1. The summed E-state index contributed by atoms with van der Waals surface area (Å²) in [6.45, 7) is 1.27. The zero-order valence-corrected chi connectivity index (χ0v) is 11.9. The van der Waals surface area contributed by atoms with Crippen LogP contribution in [0.5, 0.6) is 0 Å². The van der Waals surface area contributed by atoms with Gasteiger partial charge in [-0.3, -0.25) is 10.1 Å². The average Bonchev–Trinajstić information content (AvgIpc) is 2.83. The normalized spacial score (nSPS) is 10.6. The molecular formula is C14H16N2O3S. The van der Waals surface area contributed by atoms with Gasteiger partial charge < -0.3 is 10.2 Å². The first-order valence-electron chi connectivity index (χ1n) is 6.18. The molecule has 1 amide bonds. The van der Waals surface area contributed by atoms with Crippen molar-refractivity contribution in [1.82, 2.24) is 4.98 Å². The number of rotatable bonds is 5. The van der Waals surface area contributed by atoms with E-state index in [1.54, 1.807) is 0 Å². The first-order chi connectivity index (χ1) is 9.62. The van der Waals surface area contributed by atoms with Crippen molar-refractivity contribution < 1.29 is 15.0 Å². The summed E-state index contributed by atoms with van der Waals surface area (Å²) in [5.74, 6) is -0.509. The minimum absolute atomic E-state index is 0.174. The second-order valence-electron chi connectivity index (χ2n) is 4.42. The molecule has 0 spiro atoms. The number of nitrogens with one attached hydrogen (secondary N) is 1. The lowest BCUT2D eigenvalue weighted by Gasteiger charge is -2.01. The van der Waals surface area contributed by atoms with Crippen molar-refractivity contribution in [2.24, 2.45) is 0 Å². The Morgan fingerprint density at radius 3 is 2.60 bits per heavy atom. The molecule has 1 aromatic carbocycles. The lowest BCUT2D eigenvalue weighted by atomic mass is 10.1. The van der Waals surface area contributed by atoms with Gasteiger partial charge in [0.1, 0.15) is 6.61 Å². The van der Waals surface area contributed by atoms with Crippen molar-refractivity contribution >= 4 is 22.4 Å². The second kappa shape index (κ2) is 6.60. The Kier molecular flexibility index (Phi) is 4.84. The highest BCUT2D eigenvalue weighted by Gasteiger charge is 2.12. The van der Waals surface area contributed by atoms with E-state index in [-0.39, 0.29) is 6.61 Å². The minimum Gasteiger partial charge on any atom is -0.390 e. The molecule has 5 nitrogen and oxygen atoms in total. The Morgan fingerprint density at radius 2 is 2.00 bits per heavy atom. The number of benzene rings is 1. The number of aliphatic hydroxyl groups is 2. The number of aromatic nitrogens is 1. The van der Waals surface area contributed by atoms with Gasteiger partial charge in [-0.25, -0.2) is 4.98 Å². The van der Waals surface area contributed by atoms with E-state index in [1.807, 2.05) is 31.2 Å². The molecule has 1 aromatic heterocycles. The summed E-state index contributed by atoms with van der Waals surface area (Å²) < 4.78 is 0. The fourth-order valence-corrected chi connectivity index (χ4v) is 2.77. The lowest BCUT2D eigenvalue weighted by Crippen LogP contribution is -2.15. The Bertz CT molecular complexity index is 593. The largest absolute Gasteiger partial charge is 0.390 e. The third kappa shape index (κ3) is 3.63. The van der Waals surface area contributed by atoms with Gasteiger partial charge in [0, 0.05) is 11.3 Å². The molecule has 0 aliphatic rings. The highest BCUT2D eigenvalue weighted by molar-refractivity contribution is 7.15. The van der Waals surface area contributed by atoms with Crippen LogP contribution >= 0.6 is 11.3 Å². The Hall–Kier alpha value is -1.76. The van der Waals surface area contributed by atoms with E-state index in [2.05, 4.69) is 10.3 Å². The van der Waals surface area contributed by atoms with Crippen molar-refractivity contribution in [3.63, 3.8) is 0 Å². The van der Waals surface area contributed by atoms with Crippen LogP contribution in [0.2, 0.25) is 0 Å². The van der Waals surface area contributed by atoms with Crippen molar-refractivity contribution in [3.8, 4) is 0 Å². The van der Waals surface area contributed by atoms with Gasteiger partial charge in [-0.1, -0.05) is 29.8 Å². The van der Waals surface area contributed by atoms with E-state index in [0.717, 1.165) is 10.4 Å². The molecule has 20 heavy (non-hydrogen) atoms. The topological polar surface area (TPSA) is 82.5 Å². The maximum absolute atomic E-state index is 11.1. The van der Waals surface area contributed by atoms with E-state index in [0.29, 0.717) is 17.2 Å².